The van der Waals surface area contributed by atoms with Crippen LogP contribution < -0.4 is 0 Å². The minimum Gasteiger partial charge on any atom is -0.396 e. The summed E-state index contributed by atoms with van der Waals surface area (Å²) in [4.78, 5) is 15.3. The molecule has 0 aliphatic rings. The van der Waals surface area contributed by atoms with Crippen molar-refractivity contribution in [1.29, 1.82) is 0 Å². The molecule has 0 unspecified atom stereocenters. The third kappa shape index (κ3) is 3.75. The van der Waals surface area contributed by atoms with Crippen molar-refractivity contribution >= 4 is 17.7 Å². The van der Waals surface area contributed by atoms with Crippen molar-refractivity contribution in [3.05, 3.63) is 29.3 Å². The molecule has 1 aromatic rings. The van der Waals surface area contributed by atoms with Crippen LogP contribution in [0.15, 0.2) is 23.1 Å². The van der Waals surface area contributed by atoms with Gasteiger partial charge < -0.3 is 10.0 Å². The molecule has 0 aliphatic carbocycles. The maximum absolute atomic E-state index is 12.4. The first kappa shape index (κ1) is 15.1. The second kappa shape index (κ2) is 7.44. The maximum atomic E-state index is 12.4. The number of thioether (sulfide) groups is 1. The highest BCUT2D eigenvalue weighted by Crippen LogP contribution is 2.20. The number of benzene rings is 1. The Morgan fingerprint density at radius 2 is 2.17 bits per heavy atom. The predicted octanol–water partition coefficient (Wildman–Crippen LogP) is 2.56. The highest BCUT2D eigenvalue weighted by Gasteiger charge is 2.16. The number of aryl methyl sites for hydroxylation is 1. The first-order valence-corrected chi connectivity index (χ1v) is 7.41. The number of rotatable bonds is 6. The van der Waals surface area contributed by atoms with Gasteiger partial charge in [-0.2, -0.15) is 0 Å². The molecule has 0 fully saturated rings. The summed E-state index contributed by atoms with van der Waals surface area (Å²) in [6.45, 7) is 5.31. The highest BCUT2D eigenvalue weighted by atomic mass is 32.2. The lowest BCUT2D eigenvalue weighted by molar-refractivity contribution is 0.0753. The molecule has 0 aromatic heterocycles. The summed E-state index contributed by atoms with van der Waals surface area (Å²) >= 11 is 1.64. The van der Waals surface area contributed by atoms with E-state index in [-0.39, 0.29) is 12.5 Å². The minimum atomic E-state index is 0.0550. The third-order valence-corrected chi connectivity index (χ3v) is 3.66. The summed E-state index contributed by atoms with van der Waals surface area (Å²) in [5, 5.41) is 8.86. The van der Waals surface area contributed by atoms with E-state index in [1.165, 1.54) is 0 Å². The van der Waals surface area contributed by atoms with Crippen LogP contribution in [0.5, 0.6) is 0 Å². The van der Waals surface area contributed by atoms with Crippen LogP contribution in [0, 0.1) is 6.92 Å². The highest BCUT2D eigenvalue weighted by molar-refractivity contribution is 7.98. The van der Waals surface area contributed by atoms with Crippen molar-refractivity contribution in [3.8, 4) is 0 Å². The average Bonchev–Trinajstić information content (AvgIpc) is 2.40. The number of nitrogens with zero attached hydrogens (tertiary/aromatic N) is 1. The number of hydrogen-bond acceptors (Lipinski definition) is 3. The van der Waals surface area contributed by atoms with Crippen LogP contribution in [0.4, 0.5) is 0 Å². The number of aliphatic hydroxyl groups excluding tert-OH is 1. The zero-order valence-corrected chi connectivity index (χ0v) is 12.1. The summed E-state index contributed by atoms with van der Waals surface area (Å²) in [6.07, 6.45) is 2.63. The van der Waals surface area contributed by atoms with E-state index in [0.29, 0.717) is 19.5 Å². The lowest BCUT2D eigenvalue weighted by atomic mass is 10.1. The van der Waals surface area contributed by atoms with E-state index in [2.05, 4.69) is 0 Å². The molecule has 0 saturated heterocycles. The van der Waals surface area contributed by atoms with Crippen molar-refractivity contribution in [1.82, 2.24) is 4.90 Å². The molecular weight excluding hydrogens is 246 g/mol. The summed E-state index contributed by atoms with van der Waals surface area (Å²) in [7, 11) is 0. The van der Waals surface area contributed by atoms with E-state index in [9.17, 15) is 4.79 Å². The van der Waals surface area contributed by atoms with Crippen LogP contribution in [0.3, 0.4) is 0 Å². The molecule has 3 nitrogen and oxygen atoms in total. The van der Waals surface area contributed by atoms with Crippen molar-refractivity contribution in [2.75, 3.05) is 26.0 Å². The van der Waals surface area contributed by atoms with Crippen LogP contribution in [-0.4, -0.2) is 41.9 Å². The molecule has 0 saturated carbocycles. The molecule has 0 aliphatic heterocycles. The van der Waals surface area contributed by atoms with E-state index in [4.69, 9.17) is 5.11 Å². The summed E-state index contributed by atoms with van der Waals surface area (Å²) in [5.74, 6) is 0.0550. The Morgan fingerprint density at radius 3 is 2.72 bits per heavy atom. The van der Waals surface area contributed by atoms with Gasteiger partial charge in [0.2, 0.25) is 0 Å². The van der Waals surface area contributed by atoms with Crippen LogP contribution in [0.1, 0.15) is 29.3 Å². The number of carbonyl (C=O) groups is 1. The van der Waals surface area contributed by atoms with E-state index < -0.39 is 0 Å². The molecule has 1 aromatic carbocycles. The van der Waals surface area contributed by atoms with E-state index in [1.54, 1.807) is 16.7 Å². The van der Waals surface area contributed by atoms with Gasteiger partial charge in [0.15, 0.2) is 0 Å². The van der Waals surface area contributed by atoms with Crippen LogP contribution in [0.2, 0.25) is 0 Å². The molecule has 0 radical (unpaired) electrons. The molecule has 0 spiro atoms. The number of carbonyl (C=O) groups excluding carboxylic acids is 1. The topological polar surface area (TPSA) is 40.5 Å². The van der Waals surface area contributed by atoms with Crippen LogP contribution >= 0.6 is 11.8 Å². The van der Waals surface area contributed by atoms with E-state index in [1.807, 2.05) is 38.3 Å². The smallest absolute Gasteiger partial charge is 0.254 e. The second-order valence-electron chi connectivity index (χ2n) is 4.14. The molecule has 18 heavy (non-hydrogen) atoms. The lowest BCUT2D eigenvalue weighted by Gasteiger charge is -2.21. The quantitative estimate of drug-likeness (QED) is 0.805. The van der Waals surface area contributed by atoms with Crippen molar-refractivity contribution in [3.63, 3.8) is 0 Å². The van der Waals surface area contributed by atoms with Gasteiger partial charge in [-0.1, -0.05) is 6.07 Å². The van der Waals surface area contributed by atoms with Gasteiger partial charge in [-0.25, -0.2) is 0 Å². The van der Waals surface area contributed by atoms with E-state index >= 15 is 0 Å². The van der Waals surface area contributed by atoms with Crippen LogP contribution in [-0.2, 0) is 0 Å². The second-order valence-corrected chi connectivity index (χ2v) is 5.02. The monoisotopic (exact) mass is 267 g/mol. The molecule has 4 heteroatoms. The maximum Gasteiger partial charge on any atom is 0.254 e. The number of hydrogen-bond donors (Lipinski definition) is 1. The van der Waals surface area contributed by atoms with Crippen molar-refractivity contribution in [2.45, 2.75) is 25.2 Å². The molecule has 100 valence electrons. The van der Waals surface area contributed by atoms with Gasteiger partial charge >= 0.3 is 0 Å². The fourth-order valence-electron chi connectivity index (χ4n) is 1.79. The van der Waals surface area contributed by atoms with Crippen molar-refractivity contribution in [2.24, 2.45) is 0 Å². The van der Waals surface area contributed by atoms with Crippen molar-refractivity contribution < 1.29 is 9.90 Å². The zero-order valence-electron chi connectivity index (χ0n) is 11.3. The van der Waals surface area contributed by atoms with Crippen LogP contribution in [0.25, 0.3) is 0 Å². The van der Waals surface area contributed by atoms with Gasteiger partial charge in [0.25, 0.3) is 5.91 Å². The Kier molecular flexibility index (Phi) is 6.22. The van der Waals surface area contributed by atoms with Gasteiger partial charge in [-0.3, -0.25) is 4.79 Å². The van der Waals surface area contributed by atoms with E-state index in [0.717, 1.165) is 16.0 Å². The Bertz CT molecular complexity index is 407. The zero-order chi connectivity index (χ0) is 13.5. The van der Waals surface area contributed by atoms with Gasteiger partial charge in [0.05, 0.1) is 0 Å². The largest absolute Gasteiger partial charge is 0.396 e. The van der Waals surface area contributed by atoms with Gasteiger partial charge in [-0.15, -0.1) is 11.8 Å². The first-order chi connectivity index (χ1) is 8.63. The average molecular weight is 267 g/mol. The molecule has 0 bridgehead atoms. The lowest BCUT2D eigenvalue weighted by Crippen LogP contribution is -2.32. The Hall–Kier alpha value is -1.00. The molecule has 1 N–H and O–H groups in total. The predicted molar refractivity (Wildman–Crippen MR) is 76.2 cm³/mol. The van der Waals surface area contributed by atoms with Gasteiger partial charge in [-0.05, 0) is 44.2 Å². The fraction of sp³-hybridized carbons (Fsp3) is 0.500. The molecule has 1 amide bonds. The van der Waals surface area contributed by atoms with Gasteiger partial charge in [0, 0.05) is 30.2 Å². The summed E-state index contributed by atoms with van der Waals surface area (Å²) < 4.78 is 0. The SMILES string of the molecule is CCN(CCCO)C(=O)c1cc(SC)ccc1C. The standard InChI is InChI=1S/C14H21NO2S/c1-4-15(8-5-9-16)14(17)13-10-12(18-3)7-6-11(13)2/h6-7,10,16H,4-5,8-9H2,1-3H3. The first-order valence-electron chi connectivity index (χ1n) is 6.18. The number of aliphatic hydroxyl groups is 1. The number of amides is 1. The Morgan fingerprint density at radius 1 is 1.44 bits per heavy atom. The van der Waals surface area contributed by atoms with Gasteiger partial charge in [0.1, 0.15) is 0 Å². The molecule has 0 atom stereocenters. The summed E-state index contributed by atoms with van der Waals surface area (Å²) in [6, 6.07) is 5.96. The molecule has 1 rings (SSSR count). The molecular formula is C14H21NO2S. The Labute approximate surface area is 113 Å². The minimum absolute atomic E-state index is 0.0550. The third-order valence-electron chi connectivity index (χ3n) is 2.93. The normalized spacial score (nSPS) is 10.4. The summed E-state index contributed by atoms with van der Waals surface area (Å²) in [5.41, 5.74) is 1.77. The fourth-order valence-corrected chi connectivity index (χ4v) is 2.23. The molecule has 0 heterocycles. The Balaban J connectivity index is 2.93.